The van der Waals surface area contributed by atoms with Crippen LogP contribution in [0, 0.1) is 5.92 Å². The Hall–Kier alpha value is -1.03. The van der Waals surface area contributed by atoms with Crippen LogP contribution in [0.3, 0.4) is 0 Å². The largest absolute Gasteiger partial charge is 0.547 e. The summed E-state index contributed by atoms with van der Waals surface area (Å²) in [6, 6.07) is 0. The van der Waals surface area contributed by atoms with Crippen LogP contribution < -0.4 is 0 Å². The van der Waals surface area contributed by atoms with E-state index in [1.807, 2.05) is 13.0 Å². The second-order valence-electron chi connectivity index (χ2n) is 7.89. The number of esters is 1. The number of carbonyl (C=O) groups excluding carboxylic acids is 1. The fourth-order valence-corrected chi connectivity index (χ4v) is 3.55. The highest BCUT2D eigenvalue weighted by Crippen LogP contribution is 2.39. The van der Waals surface area contributed by atoms with E-state index in [4.69, 9.17) is 9.16 Å². The van der Waals surface area contributed by atoms with Crippen LogP contribution in [0.5, 0.6) is 0 Å². The summed E-state index contributed by atoms with van der Waals surface area (Å²) in [5, 5.41) is 0.222. The average Bonchev–Trinajstić information content (AvgIpc) is 2.62. The van der Waals surface area contributed by atoms with Crippen LogP contribution in [0.25, 0.3) is 0 Å². The maximum atomic E-state index is 11.4. The third-order valence-electron chi connectivity index (χ3n) is 4.84. The first kappa shape index (κ1) is 20.0. The highest BCUT2D eigenvalue weighted by Gasteiger charge is 2.39. The first-order valence-electron chi connectivity index (χ1n) is 8.88. The zero-order chi connectivity index (χ0) is 17.5. The normalized spacial score (nSPS) is 20.1. The van der Waals surface area contributed by atoms with Gasteiger partial charge in [0.15, 0.2) is 0 Å². The number of allylic oxidation sites excluding steroid dienone is 3. The molecule has 0 N–H and O–H groups in total. The molecule has 0 saturated heterocycles. The smallest absolute Gasteiger partial charge is 0.330 e. The summed E-state index contributed by atoms with van der Waals surface area (Å²) >= 11 is 0. The maximum absolute atomic E-state index is 11.4. The van der Waals surface area contributed by atoms with Gasteiger partial charge in [0.1, 0.15) is 0 Å². The van der Waals surface area contributed by atoms with Crippen molar-refractivity contribution in [2.45, 2.75) is 77.9 Å². The van der Waals surface area contributed by atoms with Gasteiger partial charge in [-0.3, -0.25) is 0 Å². The van der Waals surface area contributed by atoms with E-state index in [1.165, 1.54) is 18.6 Å². The highest BCUT2D eigenvalue weighted by molar-refractivity contribution is 6.74. The number of hydrogen-bond donors (Lipinski definition) is 0. The molecule has 132 valence electrons. The van der Waals surface area contributed by atoms with E-state index in [0.717, 1.165) is 19.3 Å². The predicted octanol–water partition coefficient (Wildman–Crippen LogP) is 5.59. The molecule has 4 heteroatoms. The van der Waals surface area contributed by atoms with E-state index < -0.39 is 8.32 Å². The van der Waals surface area contributed by atoms with E-state index in [0.29, 0.717) is 12.5 Å². The molecule has 0 amide bonds. The molecule has 0 aromatic heterocycles. The van der Waals surface area contributed by atoms with Crippen LogP contribution in [-0.2, 0) is 14.0 Å². The average molecular weight is 339 g/mol. The van der Waals surface area contributed by atoms with E-state index in [1.54, 1.807) is 6.08 Å². The summed E-state index contributed by atoms with van der Waals surface area (Å²) in [5.74, 6) is 1.38. The Bertz CT molecular complexity index is 444. The van der Waals surface area contributed by atoms with Crippen LogP contribution in [0.2, 0.25) is 18.1 Å². The first-order valence-corrected chi connectivity index (χ1v) is 11.8. The molecule has 1 unspecified atom stereocenters. The molecule has 1 rings (SSSR count). The lowest BCUT2D eigenvalue weighted by molar-refractivity contribution is -0.137. The molecule has 0 bridgehead atoms. The topological polar surface area (TPSA) is 35.5 Å². The summed E-state index contributed by atoms with van der Waals surface area (Å²) in [6.07, 6.45) is 11.3. The molecule has 0 heterocycles. The monoisotopic (exact) mass is 338 g/mol. The molecule has 0 aromatic carbocycles. The minimum absolute atomic E-state index is 0.222. The van der Waals surface area contributed by atoms with Crippen molar-refractivity contribution in [3.05, 3.63) is 24.0 Å². The van der Waals surface area contributed by atoms with Crippen molar-refractivity contribution in [3.63, 3.8) is 0 Å². The first-order chi connectivity index (χ1) is 10.7. The van der Waals surface area contributed by atoms with E-state index in [9.17, 15) is 4.79 Å². The van der Waals surface area contributed by atoms with Gasteiger partial charge in [-0.2, -0.15) is 0 Å². The summed E-state index contributed by atoms with van der Waals surface area (Å²) in [4.78, 5) is 11.4. The zero-order valence-corrected chi connectivity index (χ0v) is 16.8. The van der Waals surface area contributed by atoms with Gasteiger partial charge < -0.3 is 9.16 Å². The van der Waals surface area contributed by atoms with E-state index >= 15 is 0 Å². The standard InChI is InChI=1S/C19H34O3Si/c1-7-21-18(20)14-10-12-16-11-8-9-13-17(15-16)22-23(5,6)19(2,3)4/h10,14-16H,7-9,11-13H2,1-6H3/b14-10+. The van der Waals surface area contributed by atoms with Crippen molar-refractivity contribution in [2.24, 2.45) is 5.92 Å². The molecule has 0 aromatic rings. The van der Waals surface area contributed by atoms with Gasteiger partial charge in [0.25, 0.3) is 0 Å². The second kappa shape index (κ2) is 8.72. The van der Waals surface area contributed by atoms with Crippen LogP contribution in [0.4, 0.5) is 0 Å². The van der Waals surface area contributed by atoms with Gasteiger partial charge in [0.2, 0.25) is 8.32 Å². The Balaban J connectivity index is 2.69. The Morgan fingerprint density at radius 1 is 1.35 bits per heavy atom. The fraction of sp³-hybridized carbons (Fsp3) is 0.737. The van der Waals surface area contributed by atoms with Crippen molar-refractivity contribution < 1.29 is 14.0 Å². The molecule has 3 nitrogen and oxygen atoms in total. The molecule has 0 aliphatic heterocycles. The van der Waals surface area contributed by atoms with Crippen molar-refractivity contribution in [1.29, 1.82) is 0 Å². The molecule has 0 spiro atoms. The van der Waals surface area contributed by atoms with Gasteiger partial charge >= 0.3 is 5.97 Å². The van der Waals surface area contributed by atoms with Crippen molar-refractivity contribution >= 4 is 14.3 Å². The van der Waals surface area contributed by atoms with Crippen LogP contribution in [-0.4, -0.2) is 20.9 Å². The molecule has 1 aliphatic rings. The molecule has 0 saturated carbocycles. The Labute approximate surface area is 143 Å². The minimum Gasteiger partial charge on any atom is -0.547 e. The van der Waals surface area contributed by atoms with Crippen molar-refractivity contribution in [2.75, 3.05) is 6.61 Å². The van der Waals surface area contributed by atoms with E-state index in [-0.39, 0.29) is 11.0 Å². The number of rotatable bonds is 6. The van der Waals surface area contributed by atoms with Crippen molar-refractivity contribution in [3.8, 4) is 0 Å². The summed E-state index contributed by atoms with van der Waals surface area (Å²) in [7, 11) is -1.76. The van der Waals surface area contributed by atoms with Gasteiger partial charge in [0, 0.05) is 12.5 Å². The number of ether oxygens (including phenoxy) is 1. The zero-order valence-electron chi connectivity index (χ0n) is 15.8. The fourth-order valence-electron chi connectivity index (χ4n) is 2.42. The third kappa shape index (κ3) is 6.94. The van der Waals surface area contributed by atoms with Crippen molar-refractivity contribution in [1.82, 2.24) is 0 Å². The van der Waals surface area contributed by atoms with Gasteiger partial charge in [-0.1, -0.05) is 33.3 Å². The van der Waals surface area contributed by atoms with Crippen LogP contribution in [0.15, 0.2) is 24.0 Å². The second-order valence-corrected chi connectivity index (χ2v) is 12.6. The maximum Gasteiger partial charge on any atom is 0.330 e. The lowest BCUT2D eigenvalue weighted by Crippen LogP contribution is -2.40. The molecule has 0 fully saturated rings. The van der Waals surface area contributed by atoms with Crippen LogP contribution in [0.1, 0.15) is 59.8 Å². The number of hydrogen-bond acceptors (Lipinski definition) is 3. The molecule has 0 radical (unpaired) electrons. The molecule has 23 heavy (non-hydrogen) atoms. The highest BCUT2D eigenvalue weighted by atomic mass is 28.4. The Kier molecular flexibility index (Phi) is 7.58. The predicted molar refractivity (Wildman–Crippen MR) is 98.7 cm³/mol. The Morgan fingerprint density at radius 2 is 2.04 bits per heavy atom. The summed E-state index contributed by atoms with van der Waals surface area (Å²) in [5.41, 5.74) is 0. The summed E-state index contributed by atoms with van der Waals surface area (Å²) in [6.45, 7) is 13.7. The van der Waals surface area contributed by atoms with Gasteiger partial charge in [0.05, 0.1) is 12.4 Å². The SMILES string of the molecule is CCOC(=O)/C=C/CC1C=C(O[Si](C)(C)C(C)(C)C)CCCC1. The third-order valence-corrected chi connectivity index (χ3v) is 9.23. The quantitative estimate of drug-likeness (QED) is 0.360. The molecule has 1 atom stereocenters. The molecule has 1 aliphatic carbocycles. The lowest BCUT2D eigenvalue weighted by atomic mass is 10.00. The van der Waals surface area contributed by atoms with Gasteiger partial charge in [-0.15, -0.1) is 0 Å². The minimum atomic E-state index is -1.76. The number of carbonyl (C=O) groups is 1. The lowest BCUT2D eigenvalue weighted by Gasteiger charge is -2.37. The summed E-state index contributed by atoms with van der Waals surface area (Å²) < 4.78 is 11.4. The molecular weight excluding hydrogens is 304 g/mol. The van der Waals surface area contributed by atoms with Gasteiger partial charge in [-0.05, 0) is 56.3 Å². The molecular formula is C19H34O3Si. The van der Waals surface area contributed by atoms with Crippen LogP contribution >= 0.6 is 0 Å². The van der Waals surface area contributed by atoms with E-state index in [2.05, 4.69) is 39.9 Å². The van der Waals surface area contributed by atoms with Gasteiger partial charge in [-0.25, -0.2) is 4.79 Å². The Morgan fingerprint density at radius 3 is 2.65 bits per heavy atom.